The van der Waals surface area contributed by atoms with Gasteiger partial charge in [0.1, 0.15) is 23.4 Å². The van der Waals surface area contributed by atoms with Crippen LogP contribution in [0.2, 0.25) is 0 Å². The molecule has 0 radical (unpaired) electrons. The molecule has 24 saturated carbocycles. The Labute approximate surface area is 893 Å². The lowest BCUT2D eigenvalue weighted by atomic mass is 9.48. The highest BCUT2D eigenvalue weighted by Crippen LogP contribution is 2.67. The van der Waals surface area contributed by atoms with Gasteiger partial charge in [-0.25, -0.2) is 9.59 Å². The third-order valence-electron chi connectivity index (χ3n) is 39.2. The molecule has 0 aromatic carbocycles. The summed E-state index contributed by atoms with van der Waals surface area (Å²) in [6.45, 7) is 37.1. The normalized spacial score (nSPS) is 37.5. The van der Waals surface area contributed by atoms with Crippen molar-refractivity contribution in [3.8, 4) is 0 Å². The fourth-order valence-corrected chi connectivity index (χ4v) is 30.8. The molecule has 0 spiro atoms. The molecule has 26 aliphatic rings. The van der Waals surface area contributed by atoms with E-state index in [9.17, 15) is 63.3 Å². The van der Waals surface area contributed by atoms with Gasteiger partial charge in [0.05, 0.1) is 86.6 Å². The van der Waals surface area contributed by atoms with Crippen molar-refractivity contribution in [1.82, 2.24) is 0 Å². The SMILES string of the molecule is C.C.C.C.C.C.C.C.C.C.C.C.CCC(C)(C)C(=O)OC12CC3CC(CC(O)(C3)C1)C2.CCC(C)(C)C(=O)OC12CC3CC(O)(CC(O)(C3)C1)C2.CCC(C)(C)C(=O)OC1C2CC3CC1CC(C(=O)OCOCC1C4CC5CC(C4)CC1C5)(C3)C2.CCC(C)(C)C(=O)OC1C2CC3CC1CC(C(=O)OCOCC1C4CC5CC(C4)CC1C5)(C3)C2.CCC(C)(C)C(=O)OC1CCOC1=O.CCC(C)(C)C(=O)OC1CCOC1=O. The lowest BCUT2D eigenvalue weighted by Crippen LogP contribution is -2.67. The Balaban J connectivity index is 0.000000461. The zero-order valence-corrected chi connectivity index (χ0v) is 85.6. The summed E-state index contributed by atoms with van der Waals surface area (Å²) in [6.07, 6.45) is 36.9. The van der Waals surface area contributed by atoms with E-state index in [4.69, 9.17) is 56.8 Å². The summed E-state index contributed by atoms with van der Waals surface area (Å²) in [5.74, 6) is 10.2. The van der Waals surface area contributed by atoms with E-state index in [0.29, 0.717) is 124 Å². The van der Waals surface area contributed by atoms with Crippen LogP contribution in [0, 0.1) is 156 Å². The predicted octanol–water partition coefficient (Wildman–Crippen LogP) is 26.9. The summed E-state index contributed by atoms with van der Waals surface area (Å²) in [7, 11) is 0. The van der Waals surface area contributed by atoms with Crippen LogP contribution in [-0.2, 0) is 105 Å². The quantitative estimate of drug-likeness (QED) is 0.0283. The van der Waals surface area contributed by atoms with Gasteiger partial charge in [-0.1, -0.05) is 131 Å². The Morgan fingerprint density at radius 1 is 0.293 bits per heavy atom. The van der Waals surface area contributed by atoms with Crippen LogP contribution in [0.3, 0.4) is 0 Å². The van der Waals surface area contributed by atoms with Crippen molar-refractivity contribution >= 4 is 59.7 Å². The third-order valence-corrected chi connectivity index (χ3v) is 39.2. The van der Waals surface area contributed by atoms with Crippen molar-refractivity contribution < 1.29 is 120 Å². The molecule has 0 aromatic heterocycles. The summed E-state index contributed by atoms with van der Waals surface area (Å²) >= 11 is 0. The van der Waals surface area contributed by atoms with Crippen molar-refractivity contribution in [1.29, 1.82) is 0 Å². The van der Waals surface area contributed by atoms with Crippen LogP contribution in [0.5, 0.6) is 0 Å². The number of carbonyl (C=O) groups is 10. The number of rotatable bonds is 28. The molecule has 3 N–H and O–H groups in total. The molecule has 25 nitrogen and oxygen atoms in total. The van der Waals surface area contributed by atoms with E-state index in [1.54, 1.807) is 27.7 Å². The maximum absolute atomic E-state index is 13.3. The number of esters is 10. The summed E-state index contributed by atoms with van der Waals surface area (Å²) in [5.41, 5.74) is -6.87. The first-order valence-electron chi connectivity index (χ1n) is 53.6. The Hall–Kier alpha value is -5.50. The fraction of sp³-hybridized carbons (Fsp3) is 0.918. The second-order valence-electron chi connectivity index (χ2n) is 52.2. The van der Waals surface area contributed by atoms with Gasteiger partial charge in [-0.3, -0.25) is 38.4 Å². The lowest BCUT2D eigenvalue weighted by Gasteiger charge is -2.62. The van der Waals surface area contributed by atoms with E-state index < -0.39 is 79.0 Å². The van der Waals surface area contributed by atoms with Gasteiger partial charge in [0, 0.05) is 38.5 Å². The molecular formula is C122H220O25. The first kappa shape index (κ1) is 136. The van der Waals surface area contributed by atoms with Gasteiger partial charge >= 0.3 is 59.7 Å². The van der Waals surface area contributed by atoms with Crippen molar-refractivity contribution in [3.63, 3.8) is 0 Å². The zero-order chi connectivity index (χ0) is 97.6. The van der Waals surface area contributed by atoms with E-state index in [2.05, 4.69) is 0 Å². The van der Waals surface area contributed by atoms with Crippen molar-refractivity contribution in [2.75, 3.05) is 40.0 Å². The van der Waals surface area contributed by atoms with Gasteiger partial charge in [0.25, 0.3) is 0 Å². The van der Waals surface area contributed by atoms with E-state index in [1.165, 1.54) is 70.6 Å². The standard InChI is InChI=1S/2C29H44O5.C16H26O4.C16H26O3.2C10H16O4.12CH4/c2*1-4-28(2,3)26(30)34-25-22-10-19-11-23(25)14-29(12-19,13-22)27(31)33-16-32-15-24-20-6-17-5-18(8-20)9-21(24)7-17;1-4-13(2,3)12(17)20-16-7-11-5-14(18,9-16)8-15(19,6-11)10-16;1-4-14(2,3)13(17)19-16-8-11-5-12(9-16)7-15(18,6-11)10-16;2*1-4-10(2,3)9(12)14-7-5-6-13-8(7)11;;;;;;;;;;;;/h2*17-25H,4-16H2,1-3H3;11,18-19H,4-10H2,1-3H3;11-12,18H,4-10H2,1-3H3;2*7H,4-6H2,1-3H3;12*1H4. The second kappa shape index (κ2) is 51.9. The highest BCUT2D eigenvalue weighted by Gasteiger charge is 2.68. The van der Waals surface area contributed by atoms with Crippen LogP contribution in [0.4, 0.5) is 0 Å². The van der Waals surface area contributed by atoms with E-state index in [1.807, 2.05) is 96.9 Å². The van der Waals surface area contributed by atoms with Gasteiger partial charge in [0.15, 0.2) is 13.6 Å². The molecule has 2 heterocycles. The number of aliphatic hydroxyl groups is 3. The molecule has 24 aliphatic carbocycles. The topological polar surface area (TPSA) is 342 Å². The summed E-state index contributed by atoms with van der Waals surface area (Å²) in [6, 6.07) is 0. The Kier molecular flexibility index (Phi) is 47.9. The molecular weight excluding hydrogens is 1870 g/mol. The number of hydrogen-bond acceptors (Lipinski definition) is 25. The maximum Gasteiger partial charge on any atom is 0.347 e. The van der Waals surface area contributed by atoms with Crippen LogP contribution in [-0.4, -0.2) is 167 Å². The number of ether oxygens (including phenoxy) is 12. The lowest BCUT2D eigenvalue weighted by molar-refractivity contribution is -0.264. The molecule has 10 unspecified atom stereocenters. The van der Waals surface area contributed by atoms with Crippen LogP contribution >= 0.6 is 0 Å². The molecule has 26 rings (SSSR count). The molecule has 10 atom stereocenters. The first-order valence-corrected chi connectivity index (χ1v) is 53.6. The zero-order valence-electron chi connectivity index (χ0n) is 85.6. The largest absolute Gasteiger partial charge is 0.463 e. The predicted molar refractivity (Wildman–Crippen MR) is 581 cm³/mol. The van der Waals surface area contributed by atoms with Gasteiger partial charge in [-0.05, 0) is 414 Å². The molecule has 147 heavy (non-hydrogen) atoms. The first-order chi connectivity index (χ1) is 63.3. The molecule has 2 aliphatic heterocycles. The van der Waals surface area contributed by atoms with Crippen molar-refractivity contribution in [2.45, 2.75) is 523 Å². The van der Waals surface area contributed by atoms with Crippen LogP contribution in [0.15, 0.2) is 0 Å². The van der Waals surface area contributed by atoms with Gasteiger partial charge in [0.2, 0.25) is 12.2 Å². The average molecular weight is 2090 g/mol. The van der Waals surface area contributed by atoms with Crippen LogP contribution in [0.25, 0.3) is 0 Å². The van der Waals surface area contributed by atoms with Gasteiger partial charge in [-0.2, -0.15) is 0 Å². The summed E-state index contributed by atoms with van der Waals surface area (Å²) < 4.78 is 67.2. The maximum atomic E-state index is 13.3. The highest BCUT2D eigenvalue weighted by atomic mass is 16.7. The Morgan fingerprint density at radius 2 is 0.551 bits per heavy atom. The Morgan fingerprint density at radius 3 is 0.830 bits per heavy atom. The molecule has 25 heteroatoms. The second-order valence-corrected chi connectivity index (χ2v) is 52.2. The minimum Gasteiger partial charge on any atom is -0.463 e. The fourth-order valence-electron chi connectivity index (χ4n) is 30.8. The molecule has 26 fully saturated rings. The minimum absolute atomic E-state index is 0. The molecule has 2 saturated heterocycles. The third kappa shape index (κ3) is 29.6. The van der Waals surface area contributed by atoms with Gasteiger partial charge in [-0.15, -0.1) is 0 Å². The van der Waals surface area contributed by atoms with E-state index in [-0.39, 0.29) is 185 Å². The molecule has 858 valence electrons. The Bertz CT molecular complexity index is 3980. The van der Waals surface area contributed by atoms with E-state index >= 15 is 0 Å². The molecule has 0 amide bonds. The average Bonchev–Trinajstić information content (AvgIpc) is 0.963. The van der Waals surface area contributed by atoms with Crippen LogP contribution < -0.4 is 0 Å². The number of carbonyl (C=O) groups excluding carboxylic acids is 10. The number of cyclic esters (lactones) is 2. The molecule has 24 bridgehead atoms. The van der Waals surface area contributed by atoms with Crippen molar-refractivity contribution in [3.05, 3.63) is 0 Å². The molecule has 0 aromatic rings. The van der Waals surface area contributed by atoms with Gasteiger partial charge < -0.3 is 72.2 Å². The van der Waals surface area contributed by atoms with Crippen LogP contribution in [0.1, 0.15) is 471 Å². The van der Waals surface area contributed by atoms with Crippen molar-refractivity contribution in [2.24, 2.45) is 156 Å². The summed E-state index contributed by atoms with van der Waals surface area (Å²) in [4.78, 5) is 122. The smallest absolute Gasteiger partial charge is 0.347 e. The van der Waals surface area contributed by atoms with E-state index in [0.717, 1.165) is 195 Å². The highest BCUT2D eigenvalue weighted by molar-refractivity contribution is 5.84. The monoisotopic (exact) mass is 2090 g/mol. The number of hydrogen-bond donors (Lipinski definition) is 3. The summed E-state index contributed by atoms with van der Waals surface area (Å²) in [5, 5.41) is 32.0. The minimum atomic E-state index is -0.842.